The summed E-state index contributed by atoms with van der Waals surface area (Å²) in [5.74, 6) is 0. The maximum atomic E-state index is 12.3. The van der Waals surface area contributed by atoms with Gasteiger partial charge in [-0.2, -0.15) is 4.39 Å². The lowest BCUT2D eigenvalue weighted by atomic mass is 10.2. The van der Waals surface area contributed by atoms with Crippen LogP contribution in [0.5, 0.6) is 0 Å². The van der Waals surface area contributed by atoms with E-state index in [-0.39, 0.29) is 5.01 Å². The molecule has 0 radical (unpaired) electrons. The second-order valence-electron chi connectivity index (χ2n) is 2.82. The number of hydrogen-bond donors (Lipinski definition) is 0. The molecule has 0 fully saturated rings. The number of carbonyl (C=O) groups is 1. The zero-order chi connectivity index (χ0) is 10.8. The zero-order valence-electron chi connectivity index (χ0n) is 7.41. The van der Waals surface area contributed by atoms with Gasteiger partial charge in [-0.3, -0.25) is 4.79 Å². The number of halogens is 2. The third-order valence-corrected chi connectivity index (χ3v) is 2.88. The van der Waals surface area contributed by atoms with E-state index in [9.17, 15) is 9.18 Å². The smallest absolute Gasteiger partial charge is 0.253 e. The summed E-state index contributed by atoms with van der Waals surface area (Å²) >= 11 is 6.71. The van der Waals surface area contributed by atoms with Gasteiger partial charge in [0.2, 0.25) is 0 Å². The minimum Gasteiger partial charge on any atom is -0.253 e. The van der Waals surface area contributed by atoms with Crippen molar-refractivity contribution in [3.8, 4) is 11.3 Å². The van der Waals surface area contributed by atoms with Gasteiger partial charge < -0.3 is 0 Å². The standard InChI is InChI=1S/C10H5ClFNOS/c11-7-3-1-6(2-4-7)8-5-15-10(13-8)9(12)14/h1-5H. The van der Waals surface area contributed by atoms with E-state index in [4.69, 9.17) is 11.6 Å². The average molecular weight is 242 g/mol. The van der Waals surface area contributed by atoms with Crippen molar-refractivity contribution in [3.63, 3.8) is 0 Å². The van der Waals surface area contributed by atoms with Gasteiger partial charge in [0.25, 0.3) is 0 Å². The van der Waals surface area contributed by atoms with E-state index in [1.54, 1.807) is 29.6 Å². The molecule has 0 unspecified atom stereocenters. The van der Waals surface area contributed by atoms with Crippen LogP contribution in [0, 0.1) is 0 Å². The molecule has 0 spiro atoms. The average Bonchev–Trinajstić information content (AvgIpc) is 2.68. The maximum absolute atomic E-state index is 12.3. The number of aromatic nitrogens is 1. The molecule has 0 saturated carbocycles. The summed E-state index contributed by atoms with van der Waals surface area (Å²) in [6, 6.07) is 5.47. The molecule has 1 aromatic heterocycles. The number of carbonyl (C=O) groups excluding carboxylic acids is 1. The number of hydrogen-bond acceptors (Lipinski definition) is 3. The first-order valence-corrected chi connectivity index (χ1v) is 5.34. The van der Waals surface area contributed by atoms with E-state index in [2.05, 4.69) is 4.98 Å². The molecule has 0 atom stereocenters. The van der Waals surface area contributed by atoms with Gasteiger partial charge in [-0.1, -0.05) is 23.7 Å². The van der Waals surface area contributed by atoms with Gasteiger partial charge in [0.05, 0.1) is 5.69 Å². The summed E-state index contributed by atoms with van der Waals surface area (Å²) in [4.78, 5) is 14.3. The van der Waals surface area contributed by atoms with Crippen LogP contribution in [0.15, 0.2) is 29.6 Å². The summed E-state index contributed by atoms with van der Waals surface area (Å²) in [6.07, 6.45) is 0. The number of benzene rings is 1. The molecular weight excluding hydrogens is 237 g/mol. The van der Waals surface area contributed by atoms with Crippen LogP contribution in [-0.4, -0.2) is 11.0 Å². The van der Waals surface area contributed by atoms with Crippen LogP contribution in [0.1, 0.15) is 9.80 Å². The Hall–Kier alpha value is -1.26. The first-order chi connectivity index (χ1) is 7.16. The van der Waals surface area contributed by atoms with Crippen molar-refractivity contribution in [2.45, 2.75) is 0 Å². The van der Waals surface area contributed by atoms with Crippen LogP contribution in [0.4, 0.5) is 4.39 Å². The van der Waals surface area contributed by atoms with Gasteiger partial charge in [-0.25, -0.2) is 4.98 Å². The highest BCUT2D eigenvalue weighted by atomic mass is 35.5. The second kappa shape index (κ2) is 4.08. The van der Waals surface area contributed by atoms with E-state index in [1.165, 1.54) is 0 Å². The van der Waals surface area contributed by atoms with Crippen LogP contribution in [0.3, 0.4) is 0 Å². The number of rotatable bonds is 2. The molecular formula is C10H5ClFNOS. The Kier molecular flexibility index (Phi) is 2.79. The minimum absolute atomic E-state index is 0.125. The van der Waals surface area contributed by atoms with Gasteiger partial charge in [-0.05, 0) is 12.1 Å². The fourth-order valence-electron chi connectivity index (χ4n) is 1.12. The molecule has 2 aromatic rings. The number of thiazole rings is 1. The molecule has 2 rings (SSSR count). The Morgan fingerprint density at radius 3 is 2.53 bits per heavy atom. The van der Waals surface area contributed by atoms with Crippen molar-refractivity contribution in [1.82, 2.24) is 4.98 Å². The third-order valence-electron chi connectivity index (χ3n) is 1.81. The topological polar surface area (TPSA) is 30.0 Å². The van der Waals surface area contributed by atoms with Crippen molar-refractivity contribution >= 4 is 29.0 Å². The summed E-state index contributed by atoms with van der Waals surface area (Å²) in [6.45, 7) is 0. The van der Waals surface area contributed by atoms with Gasteiger partial charge in [0.15, 0.2) is 5.01 Å². The van der Waals surface area contributed by atoms with Gasteiger partial charge in [-0.15, -0.1) is 11.3 Å². The molecule has 0 aliphatic rings. The molecule has 0 saturated heterocycles. The van der Waals surface area contributed by atoms with E-state index in [0.717, 1.165) is 16.9 Å². The first kappa shape index (κ1) is 10.3. The highest BCUT2D eigenvalue weighted by Gasteiger charge is 2.10. The van der Waals surface area contributed by atoms with E-state index < -0.39 is 6.04 Å². The van der Waals surface area contributed by atoms with E-state index in [0.29, 0.717) is 10.7 Å². The Morgan fingerprint density at radius 1 is 1.33 bits per heavy atom. The SMILES string of the molecule is O=C(F)c1nc(-c2ccc(Cl)cc2)cs1. The normalized spacial score (nSPS) is 10.3. The van der Waals surface area contributed by atoms with Crippen molar-refractivity contribution in [1.29, 1.82) is 0 Å². The Morgan fingerprint density at radius 2 is 2.00 bits per heavy atom. The highest BCUT2D eigenvalue weighted by Crippen LogP contribution is 2.23. The molecule has 0 aliphatic heterocycles. The van der Waals surface area contributed by atoms with Crippen molar-refractivity contribution in [2.24, 2.45) is 0 Å². The minimum atomic E-state index is -1.50. The van der Waals surface area contributed by atoms with Crippen molar-refractivity contribution < 1.29 is 9.18 Å². The van der Waals surface area contributed by atoms with Crippen LogP contribution >= 0.6 is 22.9 Å². The summed E-state index contributed by atoms with van der Waals surface area (Å²) < 4.78 is 12.3. The predicted octanol–water partition coefficient (Wildman–Crippen LogP) is 3.57. The van der Waals surface area contributed by atoms with E-state index >= 15 is 0 Å². The summed E-state index contributed by atoms with van der Waals surface area (Å²) in [5, 5.41) is 2.13. The van der Waals surface area contributed by atoms with Crippen LogP contribution < -0.4 is 0 Å². The fourth-order valence-corrected chi connectivity index (χ4v) is 1.90. The maximum Gasteiger partial charge on any atom is 0.360 e. The molecule has 0 bridgehead atoms. The Labute approximate surface area is 94.3 Å². The highest BCUT2D eigenvalue weighted by molar-refractivity contribution is 7.11. The van der Waals surface area contributed by atoms with Crippen LogP contribution in [0.2, 0.25) is 5.02 Å². The lowest BCUT2D eigenvalue weighted by molar-refractivity contribution is 0.0835. The van der Waals surface area contributed by atoms with Crippen molar-refractivity contribution in [3.05, 3.63) is 39.7 Å². The van der Waals surface area contributed by atoms with Crippen molar-refractivity contribution in [2.75, 3.05) is 0 Å². The molecule has 1 heterocycles. The molecule has 15 heavy (non-hydrogen) atoms. The van der Waals surface area contributed by atoms with Gasteiger partial charge in [0.1, 0.15) is 0 Å². The molecule has 5 heteroatoms. The third kappa shape index (κ3) is 2.22. The molecule has 76 valence electrons. The monoisotopic (exact) mass is 241 g/mol. The first-order valence-electron chi connectivity index (χ1n) is 4.08. The Bertz CT molecular complexity index is 494. The lowest BCUT2D eigenvalue weighted by Crippen LogP contribution is -1.87. The molecule has 0 amide bonds. The van der Waals surface area contributed by atoms with Crippen LogP contribution in [-0.2, 0) is 0 Å². The predicted molar refractivity (Wildman–Crippen MR) is 58.0 cm³/mol. The Balaban J connectivity index is 2.37. The summed E-state index contributed by atoms with van der Waals surface area (Å²) in [7, 11) is 0. The number of nitrogens with zero attached hydrogens (tertiary/aromatic N) is 1. The van der Waals surface area contributed by atoms with Gasteiger partial charge >= 0.3 is 6.04 Å². The molecule has 0 N–H and O–H groups in total. The largest absolute Gasteiger partial charge is 0.360 e. The second-order valence-corrected chi connectivity index (χ2v) is 4.11. The van der Waals surface area contributed by atoms with Crippen LogP contribution in [0.25, 0.3) is 11.3 Å². The van der Waals surface area contributed by atoms with E-state index in [1.807, 2.05) is 0 Å². The molecule has 1 aromatic carbocycles. The summed E-state index contributed by atoms with van der Waals surface area (Å²) in [5.41, 5.74) is 1.39. The van der Waals surface area contributed by atoms with Gasteiger partial charge in [0, 0.05) is 16.0 Å². The zero-order valence-corrected chi connectivity index (χ0v) is 8.98. The quantitative estimate of drug-likeness (QED) is 0.753. The molecule has 2 nitrogen and oxygen atoms in total. The molecule has 0 aliphatic carbocycles. The fraction of sp³-hybridized carbons (Fsp3) is 0. The lowest BCUT2D eigenvalue weighted by Gasteiger charge is -1.95.